The fourth-order valence-corrected chi connectivity index (χ4v) is 4.85. The molecule has 2 heterocycles. The number of aliphatic carboxylic acids is 1. The van der Waals surface area contributed by atoms with Crippen molar-refractivity contribution in [1.29, 1.82) is 0 Å². The van der Waals surface area contributed by atoms with Crippen LogP contribution in [0.25, 0.3) is 16.6 Å². The number of hydrogen-bond donors (Lipinski definition) is 4. The van der Waals surface area contributed by atoms with E-state index in [-0.39, 0.29) is 11.5 Å². The van der Waals surface area contributed by atoms with Gasteiger partial charge in [-0.15, -0.1) is 0 Å². The number of fused-ring (bicyclic) bond motifs is 1. The van der Waals surface area contributed by atoms with Crippen LogP contribution in [-0.4, -0.2) is 81.5 Å². The first-order valence-electron chi connectivity index (χ1n) is 12.4. The van der Waals surface area contributed by atoms with Crippen LogP contribution in [0.4, 0.5) is 5.69 Å². The number of halogens is 1. The first-order valence-corrected chi connectivity index (χ1v) is 12.8. The molecule has 0 unspecified atom stereocenters. The molecular weight excluding hydrogens is 540 g/mol. The van der Waals surface area contributed by atoms with E-state index >= 15 is 0 Å². The molecule has 0 saturated carbocycles. The zero-order chi connectivity index (χ0) is 28.7. The van der Waals surface area contributed by atoms with Crippen molar-refractivity contribution in [2.75, 3.05) is 19.0 Å². The number of aliphatic hydroxyl groups is 3. The van der Waals surface area contributed by atoms with E-state index in [0.717, 1.165) is 5.69 Å². The highest BCUT2D eigenvalue weighted by molar-refractivity contribution is 6.31. The van der Waals surface area contributed by atoms with Crippen LogP contribution in [0.15, 0.2) is 72.9 Å². The molecule has 5 atom stereocenters. The van der Waals surface area contributed by atoms with Gasteiger partial charge in [0, 0.05) is 41.3 Å². The Hall–Kier alpha value is -3.93. The van der Waals surface area contributed by atoms with E-state index < -0.39 is 36.7 Å². The number of benzene rings is 3. The second-order valence-corrected chi connectivity index (χ2v) is 10.1. The van der Waals surface area contributed by atoms with Crippen LogP contribution in [0.3, 0.4) is 0 Å². The number of nitrogens with zero attached hydrogens (tertiary/aromatic N) is 2. The molecule has 0 aliphatic carbocycles. The first-order chi connectivity index (χ1) is 19.1. The smallest absolute Gasteiger partial charge is 0.335 e. The summed E-state index contributed by atoms with van der Waals surface area (Å²) in [6, 6.07) is 19.2. The summed E-state index contributed by atoms with van der Waals surface area (Å²) in [5.74, 6) is -1.56. The second kappa shape index (κ2) is 10.9. The summed E-state index contributed by atoms with van der Waals surface area (Å²) in [6.45, 7) is 0. The fourth-order valence-electron chi connectivity index (χ4n) is 4.68. The van der Waals surface area contributed by atoms with Crippen LogP contribution in [0.2, 0.25) is 5.02 Å². The molecule has 1 fully saturated rings. The van der Waals surface area contributed by atoms with E-state index in [1.807, 2.05) is 31.1 Å². The summed E-state index contributed by atoms with van der Waals surface area (Å²) in [6.07, 6.45) is -7.27. The number of ketones is 1. The molecule has 4 N–H and O–H groups in total. The number of hydrogen-bond acceptors (Lipinski definition) is 8. The minimum absolute atomic E-state index is 0.168. The molecule has 1 aliphatic heterocycles. The molecule has 5 rings (SSSR count). The van der Waals surface area contributed by atoms with Crippen LogP contribution in [0, 0.1) is 0 Å². The normalized spacial score (nSPS) is 22.7. The van der Waals surface area contributed by atoms with Gasteiger partial charge in [-0.3, -0.25) is 4.79 Å². The molecule has 40 heavy (non-hydrogen) atoms. The average Bonchev–Trinajstić information content (AvgIpc) is 3.29. The van der Waals surface area contributed by atoms with Crippen LogP contribution in [0.5, 0.6) is 5.75 Å². The molecular formula is C29H27ClN2O8. The van der Waals surface area contributed by atoms with Gasteiger partial charge in [0.25, 0.3) is 0 Å². The van der Waals surface area contributed by atoms with Crippen molar-refractivity contribution in [3.8, 4) is 11.4 Å². The Morgan fingerprint density at radius 1 is 0.950 bits per heavy atom. The van der Waals surface area contributed by atoms with Crippen molar-refractivity contribution in [3.05, 3.63) is 89.1 Å². The third-order valence-corrected chi connectivity index (χ3v) is 7.08. The van der Waals surface area contributed by atoms with Gasteiger partial charge in [0.1, 0.15) is 24.1 Å². The van der Waals surface area contributed by atoms with Gasteiger partial charge in [-0.1, -0.05) is 23.7 Å². The Labute approximate surface area is 234 Å². The van der Waals surface area contributed by atoms with Gasteiger partial charge in [0.05, 0.1) is 17.4 Å². The molecule has 3 aromatic carbocycles. The molecule has 0 spiro atoms. The largest absolute Gasteiger partial charge is 0.479 e. The van der Waals surface area contributed by atoms with E-state index in [0.29, 0.717) is 32.7 Å². The number of carboxylic acids is 1. The van der Waals surface area contributed by atoms with Crippen LogP contribution >= 0.6 is 11.6 Å². The summed E-state index contributed by atoms with van der Waals surface area (Å²) in [5.41, 5.74) is 2.94. The lowest BCUT2D eigenvalue weighted by molar-refractivity contribution is -0.270. The van der Waals surface area contributed by atoms with Crippen LogP contribution < -0.4 is 9.64 Å². The van der Waals surface area contributed by atoms with E-state index in [9.17, 15) is 30.0 Å². The van der Waals surface area contributed by atoms with E-state index in [4.69, 9.17) is 21.1 Å². The van der Waals surface area contributed by atoms with Crippen molar-refractivity contribution in [2.45, 2.75) is 30.7 Å². The highest BCUT2D eigenvalue weighted by Crippen LogP contribution is 2.36. The third-order valence-electron chi connectivity index (χ3n) is 6.84. The van der Waals surface area contributed by atoms with E-state index in [1.165, 1.54) is 0 Å². The van der Waals surface area contributed by atoms with Crippen molar-refractivity contribution >= 4 is 39.9 Å². The zero-order valence-electron chi connectivity index (χ0n) is 21.5. The molecule has 0 bridgehead atoms. The molecule has 0 radical (unpaired) electrons. The Morgan fingerprint density at radius 3 is 2.33 bits per heavy atom. The lowest BCUT2D eigenvalue weighted by Gasteiger charge is -2.38. The molecule has 1 aromatic heterocycles. The molecule has 208 valence electrons. The maximum atomic E-state index is 13.6. The van der Waals surface area contributed by atoms with Gasteiger partial charge in [-0.25, -0.2) is 4.79 Å². The Balaban J connectivity index is 1.56. The minimum atomic E-state index is -1.85. The number of ether oxygens (including phenoxy) is 2. The summed E-state index contributed by atoms with van der Waals surface area (Å²) in [7, 11) is 3.83. The van der Waals surface area contributed by atoms with Crippen molar-refractivity contribution in [2.24, 2.45) is 0 Å². The summed E-state index contributed by atoms with van der Waals surface area (Å²) in [5, 5.41) is 41.0. The van der Waals surface area contributed by atoms with Crippen LogP contribution in [0.1, 0.15) is 15.9 Å². The Morgan fingerprint density at radius 2 is 1.65 bits per heavy atom. The molecule has 0 amide bonds. The number of aliphatic hydroxyl groups excluding tert-OH is 3. The number of para-hydroxylation sites is 1. The SMILES string of the molecule is CN(C)c1ccc(C(=O)c2ccccc2-n2cc(O[C@@H]3O[C@H](C(=O)O)[C@@H](O)[C@H](O)[C@H]3O)c3ccc(Cl)cc32)cc1. The van der Waals surface area contributed by atoms with Gasteiger partial charge in [-0.2, -0.15) is 0 Å². The highest BCUT2D eigenvalue weighted by Gasteiger charge is 2.48. The van der Waals surface area contributed by atoms with Crippen LogP contribution in [-0.2, 0) is 9.53 Å². The maximum absolute atomic E-state index is 13.6. The number of aromatic nitrogens is 1. The monoisotopic (exact) mass is 566 g/mol. The highest BCUT2D eigenvalue weighted by atomic mass is 35.5. The van der Waals surface area contributed by atoms with Gasteiger partial charge < -0.3 is 39.4 Å². The van der Waals surface area contributed by atoms with E-state index in [2.05, 4.69) is 0 Å². The summed E-state index contributed by atoms with van der Waals surface area (Å²) >= 11 is 6.31. The standard InChI is InChI=1S/C29H27ClN2O8/c1-31(2)17-10-7-15(8-11-17)23(33)19-5-3-4-6-20(19)32-14-22(18-12-9-16(30)13-21(18)32)39-29-26(36)24(34)25(35)27(40-29)28(37)38/h3-14,24-27,29,34-36H,1-2H3,(H,37,38)/t24-,25-,26+,27-,29+/m0/s1. The number of rotatable bonds is 7. The lowest BCUT2D eigenvalue weighted by atomic mass is 9.99. The second-order valence-electron chi connectivity index (χ2n) is 9.67. The average molecular weight is 567 g/mol. The number of carbonyl (C=O) groups excluding carboxylic acids is 1. The van der Waals surface area contributed by atoms with Crippen molar-refractivity contribution < 1.29 is 39.5 Å². The number of carboxylic acid groups (broad SMARTS) is 1. The van der Waals surface area contributed by atoms with Gasteiger partial charge in [0.15, 0.2) is 11.9 Å². The Bertz CT molecular complexity index is 1570. The predicted molar refractivity (Wildman–Crippen MR) is 147 cm³/mol. The van der Waals surface area contributed by atoms with Gasteiger partial charge >= 0.3 is 5.97 Å². The van der Waals surface area contributed by atoms with E-state index in [1.54, 1.807) is 65.4 Å². The number of anilines is 1. The molecule has 1 aliphatic rings. The minimum Gasteiger partial charge on any atom is -0.479 e. The van der Waals surface area contributed by atoms with Crippen molar-refractivity contribution in [1.82, 2.24) is 4.57 Å². The maximum Gasteiger partial charge on any atom is 0.335 e. The molecule has 4 aromatic rings. The summed E-state index contributed by atoms with van der Waals surface area (Å²) in [4.78, 5) is 27.1. The van der Waals surface area contributed by atoms with Crippen molar-refractivity contribution in [3.63, 3.8) is 0 Å². The predicted octanol–water partition coefficient (Wildman–Crippen LogP) is 2.85. The van der Waals surface area contributed by atoms with Gasteiger partial charge in [-0.05, 0) is 54.6 Å². The topological polar surface area (TPSA) is 142 Å². The Kier molecular flexibility index (Phi) is 7.54. The lowest BCUT2D eigenvalue weighted by Crippen LogP contribution is -2.61. The van der Waals surface area contributed by atoms with Gasteiger partial charge in [0.2, 0.25) is 6.29 Å². The zero-order valence-corrected chi connectivity index (χ0v) is 22.3. The first kappa shape index (κ1) is 27.6. The molecule has 10 nitrogen and oxygen atoms in total. The fraction of sp³-hybridized carbons (Fsp3) is 0.241. The summed E-state index contributed by atoms with van der Waals surface area (Å²) < 4.78 is 12.9. The molecule has 1 saturated heterocycles. The quantitative estimate of drug-likeness (QED) is 0.248. The number of carbonyl (C=O) groups is 2. The molecule has 11 heteroatoms. The third kappa shape index (κ3) is 5.03.